The molecule has 0 saturated heterocycles. The molecule has 0 aromatic heterocycles. The molecule has 19 heteroatoms. The van der Waals surface area contributed by atoms with Gasteiger partial charge in [0.1, 0.15) is 24.7 Å². The van der Waals surface area contributed by atoms with Crippen LogP contribution in [-0.2, 0) is 33.5 Å². The highest BCUT2D eigenvalue weighted by Gasteiger charge is 2.39. The summed E-state index contributed by atoms with van der Waals surface area (Å²) in [4.78, 5) is 105. The second-order valence-electron chi connectivity index (χ2n) is 15.5. The second kappa shape index (κ2) is 21.5. The first-order chi connectivity index (χ1) is 28.0. The van der Waals surface area contributed by atoms with Gasteiger partial charge in [0, 0.05) is 41.6 Å². The number of rotatable bonds is 19. The molecule has 1 aliphatic heterocycles. The number of carbonyl (C=O) groups is 8. The van der Waals surface area contributed by atoms with Gasteiger partial charge in [-0.25, -0.2) is 9.59 Å². The number of thiol groups is 1. The molecule has 0 radical (unpaired) electrons. The van der Waals surface area contributed by atoms with Crippen molar-refractivity contribution in [1.29, 1.82) is 0 Å². The highest BCUT2D eigenvalue weighted by molar-refractivity contribution is 7.80. The summed E-state index contributed by atoms with van der Waals surface area (Å²) < 4.78 is 4.60. The maximum atomic E-state index is 14.3. The van der Waals surface area contributed by atoms with Crippen LogP contribution < -0.4 is 42.1 Å². The summed E-state index contributed by atoms with van der Waals surface area (Å²) in [5, 5.41) is 22.0. The van der Waals surface area contributed by atoms with Crippen LogP contribution in [0.5, 0.6) is 0 Å². The number of hydrogen-bond donors (Lipinski definition) is 8. The van der Waals surface area contributed by atoms with Crippen molar-refractivity contribution in [2.24, 2.45) is 11.1 Å². The summed E-state index contributed by atoms with van der Waals surface area (Å²) in [6, 6.07) is 7.98. The number of carboxylic acid groups (broad SMARTS) is 1. The standard InChI is InChI=1S/C40H54N8O10S/c1-40(2,3)34(51)20-48-32-15-8-7-14-31(32)47(26-12-5-4-6-13-26)19-28(37(48)54)46-39(57)43-25-11-9-10-24(16-25)33(50)18-42-17-27(41)35(52)44-29(21-58-23-49)36(53)45-30(22-59)38(55)56/h7-11,14-16,23,26-30,42,59H,4-6,12-13,17-22,41H2,1-3H3,(H,44,52)(H,45,53)(H,55,56)(H2,43,46,57)/t27-,28+,29-,30-/m0/s1. The van der Waals surface area contributed by atoms with Gasteiger partial charge in [0.05, 0.1) is 30.5 Å². The van der Waals surface area contributed by atoms with Crippen LogP contribution in [-0.4, -0.2) is 122 Å². The number of amides is 5. The average Bonchev–Trinajstić information content (AvgIpc) is 3.31. The summed E-state index contributed by atoms with van der Waals surface area (Å²) >= 11 is 3.88. The second-order valence-corrected chi connectivity index (χ2v) is 15.9. The minimum absolute atomic E-state index is 0.0550. The number of nitrogens with one attached hydrogen (secondary N) is 5. The molecule has 2 aliphatic rings. The third kappa shape index (κ3) is 13.0. The molecule has 5 amide bonds. The van der Waals surface area contributed by atoms with Gasteiger partial charge in [-0.3, -0.25) is 28.8 Å². The zero-order valence-electron chi connectivity index (χ0n) is 33.4. The number of carboxylic acids is 1. The SMILES string of the molecule is CC(C)(C)C(=O)CN1C(=O)[C@H](NC(=O)Nc2cccc(C(=O)CNC[C@H](N)C(=O)N[C@@H](COC=O)C(=O)N[C@@H](CS)C(=O)O)c2)CN(C2CCCCC2)c2ccccc21. The summed E-state index contributed by atoms with van der Waals surface area (Å²) in [7, 11) is 0. The summed E-state index contributed by atoms with van der Waals surface area (Å²) in [6.45, 7) is 4.40. The van der Waals surface area contributed by atoms with Crippen LogP contribution in [0.25, 0.3) is 0 Å². The highest BCUT2D eigenvalue weighted by Crippen LogP contribution is 2.37. The van der Waals surface area contributed by atoms with Crippen molar-refractivity contribution in [2.75, 3.05) is 53.7 Å². The fourth-order valence-electron chi connectivity index (χ4n) is 6.69. The van der Waals surface area contributed by atoms with Crippen molar-refractivity contribution in [3.63, 3.8) is 0 Å². The van der Waals surface area contributed by atoms with Crippen LogP contribution in [0.1, 0.15) is 63.2 Å². The van der Waals surface area contributed by atoms with Crippen molar-refractivity contribution in [1.82, 2.24) is 21.3 Å². The quantitative estimate of drug-likeness (QED) is 0.0564. The van der Waals surface area contributed by atoms with Crippen molar-refractivity contribution in [3.8, 4) is 0 Å². The highest BCUT2D eigenvalue weighted by atomic mass is 32.1. The number of ketones is 2. The summed E-state index contributed by atoms with van der Waals surface area (Å²) in [5.74, 6) is -4.35. The lowest BCUT2D eigenvalue weighted by Gasteiger charge is -2.37. The number of nitrogens with two attached hydrogens (primary N) is 1. The van der Waals surface area contributed by atoms with Crippen LogP contribution >= 0.6 is 12.6 Å². The Morgan fingerprint density at radius 3 is 2.29 bits per heavy atom. The molecule has 0 unspecified atom stereocenters. The smallest absolute Gasteiger partial charge is 0.327 e. The van der Waals surface area contributed by atoms with E-state index < -0.39 is 71.7 Å². The molecule has 1 heterocycles. The average molecular weight is 839 g/mol. The van der Waals surface area contributed by atoms with Crippen LogP contribution in [0.3, 0.4) is 0 Å². The molecule has 1 saturated carbocycles. The van der Waals surface area contributed by atoms with Gasteiger partial charge in [-0.15, -0.1) is 0 Å². The number of ether oxygens (including phenoxy) is 1. The molecule has 320 valence electrons. The molecule has 2 aromatic rings. The Labute approximate surface area is 348 Å². The van der Waals surface area contributed by atoms with Crippen LogP contribution in [0, 0.1) is 5.41 Å². The minimum atomic E-state index is -1.46. The molecule has 1 aliphatic carbocycles. The lowest BCUT2D eigenvalue weighted by molar-refractivity contribution is -0.142. The van der Waals surface area contributed by atoms with E-state index in [2.05, 4.69) is 48.8 Å². The van der Waals surface area contributed by atoms with Gasteiger partial charge >= 0.3 is 12.0 Å². The van der Waals surface area contributed by atoms with Crippen molar-refractivity contribution in [3.05, 3.63) is 54.1 Å². The van der Waals surface area contributed by atoms with E-state index in [1.807, 2.05) is 24.3 Å². The van der Waals surface area contributed by atoms with E-state index in [4.69, 9.17) is 5.73 Å². The molecule has 4 atom stereocenters. The molecule has 18 nitrogen and oxygen atoms in total. The zero-order chi connectivity index (χ0) is 43.3. The van der Waals surface area contributed by atoms with Crippen molar-refractivity contribution < 1.29 is 48.2 Å². The fourth-order valence-corrected chi connectivity index (χ4v) is 6.94. The van der Waals surface area contributed by atoms with Gasteiger partial charge < -0.3 is 52.0 Å². The molecular formula is C40H54N8O10S. The molecule has 2 aromatic carbocycles. The number of fused-ring (bicyclic) bond motifs is 1. The first-order valence-electron chi connectivity index (χ1n) is 19.4. The Bertz CT molecular complexity index is 1870. The first kappa shape index (κ1) is 46.2. The number of para-hydroxylation sites is 2. The van der Waals surface area contributed by atoms with Crippen molar-refractivity contribution >= 4 is 77.5 Å². The molecule has 4 rings (SSSR count). The lowest BCUT2D eigenvalue weighted by atomic mass is 9.90. The van der Waals surface area contributed by atoms with Gasteiger partial charge in [-0.1, -0.05) is 64.3 Å². The monoisotopic (exact) mass is 838 g/mol. The third-order valence-electron chi connectivity index (χ3n) is 10.1. The number of benzene rings is 2. The van der Waals surface area contributed by atoms with E-state index in [0.717, 1.165) is 37.8 Å². The van der Waals surface area contributed by atoms with E-state index in [1.165, 1.54) is 17.0 Å². The molecule has 1 fully saturated rings. The molecule has 0 spiro atoms. The van der Waals surface area contributed by atoms with Crippen LogP contribution in [0.2, 0.25) is 0 Å². The maximum Gasteiger partial charge on any atom is 0.327 e. The zero-order valence-corrected chi connectivity index (χ0v) is 34.3. The third-order valence-corrected chi connectivity index (χ3v) is 10.4. The Hall–Kier alpha value is -5.53. The van der Waals surface area contributed by atoms with E-state index in [1.54, 1.807) is 32.9 Å². The molecule has 0 bridgehead atoms. The number of aliphatic carboxylic acids is 1. The van der Waals surface area contributed by atoms with Crippen LogP contribution in [0.4, 0.5) is 21.9 Å². The largest absolute Gasteiger partial charge is 0.480 e. The number of carbonyl (C=O) groups excluding carboxylic acids is 7. The van der Waals surface area contributed by atoms with Gasteiger partial charge in [-0.05, 0) is 37.1 Å². The number of nitrogens with zero attached hydrogens (tertiary/aromatic N) is 2. The summed E-state index contributed by atoms with van der Waals surface area (Å²) in [5.41, 5.74) is 7.18. The number of hydrogen-bond acceptors (Lipinski definition) is 13. The van der Waals surface area contributed by atoms with E-state index in [0.29, 0.717) is 5.69 Å². The molecular weight excluding hydrogens is 785 g/mol. The van der Waals surface area contributed by atoms with Gasteiger partial charge in [0.2, 0.25) is 11.8 Å². The first-order valence-corrected chi connectivity index (χ1v) is 20.0. The van der Waals surface area contributed by atoms with Gasteiger partial charge in [0.15, 0.2) is 11.6 Å². The topological polar surface area (TPSA) is 259 Å². The Kier molecular flexibility index (Phi) is 16.8. The minimum Gasteiger partial charge on any atom is -0.480 e. The van der Waals surface area contributed by atoms with Gasteiger partial charge in [-0.2, -0.15) is 12.6 Å². The number of anilines is 3. The predicted molar refractivity (Wildman–Crippen MR) is 222 cm³/mol. The van der Waals surface area contributed by atoms with Crippen LogP contribution in [0.15, 0.2) is 48.5 Å². The van der Waals surface area contributed by atoms with E-state index in [-0.39, 0.29) is 61.5 Å². The Morgan fingerprint density at radius 2 is 1.64 bits per heavy atom. The van der Waals surface area contributed by atoms with E-state index >= 15 is 0 Å². The Balaban J connectivity index is 1.39. The molecule has 8 N–H and O–H groups in total. The lowest BCUT2D eigenvalue weighted by Crippen LogP contribution is -2.57. The maximum absolute atomic E-state index is 14.3. The number of Topliss-reactive ketones (excluding diaryl/α,β-unsaturated/α-hetero) is 2. The fraction of sp³-hybridized carbons (Fsp3) is 0.500. The predicted octanol–water partition coefficient (Wildman–Crippen LogP) is 1.23. The van der Waals surface area contributed by atoms with Gasteiger partial charge in [0.25, 0.3) is 12.4 Å². The van der Waals surface area contributed by atoms with E-state index in [9.17, 15) is 43.5 Å². The van der Waals surface area contributed by atoms with Crippen molar-refractivity contribution in [2.45, 2.75) is 83.1 Å². The molecule has 59 heavy (non-hydrogen) atoms. The number of urea groups is 1. The Morgan fingerprint density at radius 1 is 0.966 bits per heavy atom. The summed E-state index contributed by atoms with van der Waals surface area (Å²) in [6.07, 6.45) is 5.08. The normalized spacial score (nSPS) is 17.3.